The first-order valence-electron chi connectivity index (χ1n) is 6.73. The van der Waals surface area contributed by atoms with Crippen molar-refractivity contribution in [2.24, 2.45) is 5.92 Å². The predicted molar refractivity (Wildman–Crippen MR) is 80.9 cm³/mol. The number of amides is 1. The summed E-state index contributed by atoms with van der Waals surface area (Å²) in [5.74, 6) is 0.906. The van der Waals surface area contributed by atoms with Crippen molar-refractivity contribution in [2.75, 3.05) is 20.6 Å². The van der Waals surface area contributed by atoms with Crippen molar-refractivity contribution in [1.29, 1.82) is 0 Å². The molecule has 1 N–H and O–H groups in total. The van der Waals surface area contributed by atoms with E-state index in [-0.39, 0.29) is 5.91 Å². The van der Waals surface area contributed by atoms with Gasteiger partial charge in [0.15, 0.2) is 0 Å². The maximum atomic E-state index is 11.8. The molecule has 1 aromatic rings. The molecule has 1 saturated carbocycles. The lowest BCUT2D eigenvalue weighted by molar-refractivity contribution is -0.121. The molecule has 0 bridgehead atoms. The minimum absolute atomic E-state index is 0.136. The Hall–Kier alpha value is -0.580. The molecule has 3 nitrogen and oxygen atoms in total. The smallest absolute Gasteiger partial charge is 0.220 e. The summed E-state index contributed by atoms with van der Waals surface area (Å²) in [4.78, 5) is 15.2. The Kier molecular flexibility index (Phi) is 5.25. The largest absolute Gasteiger partial charge is 0.355 e. The van der Waals surface area contributed by atoms with Gasteiger partial charge in [0.25, 0.3) is 0 Å². The molecule has 1 atom stereocenters. The van der Waals surface area contributed by atoms with Crippen LogP contribution in [0.5, 0.6) is 0 Å². The number of carbonyl (C=O) groups excluding carboxylic acids is 1. The van der Waals surface area contributed by atoms with Crippen LogP contribution in [-0.4, -0.2) is 37.5 Å². The van der Waals surface area contributed by atoms with Gasteiger partial charge in [-0.05, 0) is 51.4 Å². The number of aryl methyl sites for hydroxylation is 1. The second-order valence-corrected chi connectivity index (χ2v) is 7.18. The minimum atomic E-state index is 0.136. The zero-order valence-corrected chi connectivity index (χ0v) is 13.1. The summed E-state index contributed by atoms with van der Waals surface area (Å²) in [6, 6.07) is 4.36. The fourth-order valence-corrected chi connectivity index (χ4v) is 3.37. The van der Waals surface area contributed by atoms with Gasteiger partial charge in [0, 0.05) is 23.9 Å². The normalized spacial score (nSPS) is 16.6. The molecule has 1 aliphatic carbocycles. The Bertz CT molecular complexity index is 427. The van der Waals surface area contributed by atoms with E-state index in [1.165, 1.54) is 17.7 Å². The third kappa shape index (κ3) is 4.79. The van der Waals surface area contributed by atoms with Crippen LogP contribution in [-0.2, 0) is 11.2 Å². The summed E-state index contributed by atoms with van der Waals surface area (Å²) < 4.78 is 0.789. The summed E-state index contributed by atoms with van der Waals surface area (Å²) in [5.41, 5.74) is 0. The van der Waals surface area contributed by atoms with Crippen molar-refractivity contribution in [3.05, 3.63) is 21.3 Å². The summed E-state index contributed by atoms with van der Waals surface area (Å²) in [6.45, 7) is 0.766. The summed E-state index contributed by atoms with van der Waals surface area (Å²) in [5, 5.41) is 3.05. The number of hydrogen-bond acceptors (Lipinski definition) is 3. The zero-order valence-electron chi connectivity index (χ0n) is 11.5. The van der Waals surface area contributed by atoms with E-state index in [1.807, 2.05) is 12.1 Å². The zero-order chi connectivity index (χ0) is 13.8. The molecule has 106 valence electrons. The molecule has 0 aliphatic heterocycles. The molecular weight excluding hydrogens is 280 g/mol. The van der Waals surface area contributed by atoms with E-state index in [0.717, 1.165) is 23.2 Å². The third-order valence-electron chi connectivity index (χ3n) is 3.57. The number of nitrogens with zero attached hydrogens (tertiary/aromatic N) is 1. The first-order chi connectivity index (χ1) is 9.06. The first-order valence-corrected chi connectivity index (χ1v) is 7.93. The van der Waals surface area contributed by atoms with Crippen LogP contribution < -0.4 is 5.32 Å². The number of hydrogen-bond donors (Lipinski definition) is 1. The molecule has 1 amide bonds. The fourth-order valence-electron chi connectivity index (χ4n) is 2.28. The first kappa shape index (κ1) is 14.8. The van der Waals surface area contributed by atoms with Crippen LogP contribution in [0.15, 0.2) is 12.1 Å². The van der Waals surface area contributed by atoms with Crippen LogP contribution >= 0.6 is 22.9 Å². The average Bonchev–Trinajstić information content (AvgIpc) is 3.09. The molecule has 1 fully saturated rings. The van der Waals surface area contributed by atoms with E-state index in [2.05, 4.69) is 24.3 Å². The number of rotatable bonds is 7. The number of thiophene rings is 1. The van der Waals surface area contributed by atoms with Crippen molar-refractivity contribution in [3.8, 4) is 0 Å². The van der Waals surface area contributed by atoms with Crippen molar-refractivity contribution < 1.29 is 4.79 Å². The lowest BCUT2D eigenvalue weighted by Gasteiger charge is -2.24. The van der Waals surface area contributed by atoms with Crippen LogP contribution in [0.3, 0.4) is 0 Å². The maximum absolute atomic E-state index is 11.8. The summed E-state index contributed by atoms with van der Waals surface area (Å²) in [6.07, 6.45) is 3.92. The maximum Gasteiger partial charge on any atom is 0.220 e. The van der Waals surface area contributed by atoms with E-state index in [4.69, 9.17) is 11.6 Å². The number of halogens is 1. The Balaban J connectivity index is 1.69. The standard InChI is InChI=1S/C14H21ClN2OS/c1-17(2)12(10-3-4-10)9-16-14(18)8-6-11-5-7-13(15)19-11/h5,7,10,12H,3-4,6,8-9H2,1-2H3,(H,16,18)/t12-/m0/s1. The summed E-state index contributed by atoms with van der Waals surface area (Å²) >= 11 is 7.42. The molecule has 1 aliphatic rings. The van der Waals surface area contributed by atoms with E-state index >= 15 is 0 Å². The monoisotopic (exact) mass is 300 g/mol. The fraction of sp³-hybridized carbons (Fsp3) is 0.643. The van der Waals surface area contributed by atoms with Crippen molar-refractivity contribution in [3.63, 3.8) is 0 Å². The van der Waals surface area contributed by atoms with E-state index in [1.54, 1.807) is 11.3 Å². The molecule has 0 unspecified atom stereocenters. The SMILES string of the molecule is CN(C)[C@@H](CNC(=O)CCc1ccc(Cl)s1)C1CC1. The summed E-state index contributed by atoms with van der Waals surface area (Å²) in [7, 11) is 4.17. The Morgan fingerprint density at radius 3 is 2.79 bits per heavy atom. The topological polar surface area (TPSA) is 32.3 Å². The van der Waals surface area contributed by atoms with Crippen LogP contribution in [0.4, 0.5) is 0 Å². The highest BCUT2D eigenvalue weighted by molar-refractivity contribution is 7.16. The highest BCUT2D eigenvalue weighted by Gasteiger charge is 2.32. The lowest BCUT2D eigenvalue weighted by atomic mass is 10.1. The van der Waals surface area contributed by atoms with E-state index in [9.17, 15) is 4.79 Å². The minimum Gasteiger partial charge on any atom is -0.355 e. The van der Waals surface area contributed by atoms with Crippen molar-refractivity contribution >= 4 is 28.8 Å². The van der Waals surface area contributed by atoms with Gasteiger partial charge < -0.3 is 10.2 Å². The predicted octanol–water partition coefficient (Wildman–Crippen LogP) is 2.79. The van der Waals surface area contributed by atoms with Gasteiger partial charge in [0.2, 0.25) is 5.91 Å². The van der Waals surface area contributed by atoms with Gasteiger partial charge in [0.1, 0.15) is 0 Å². The lowest BCUT2D eigenvalue weighted by Crippen LogP contribution is -2.41. The van der Waals surface area contributed by atoms with Gasteiger partial charge in [-0.15, -0.1) is 11.3 Å². The van der Waals surface area contributed by atoms with Crippen LogP contribution in [0.25, 0.3) is 0 Å². The van der Waals surface area contributed by atoms with Gasteiger partial charge in [-0.25, -0.2) is 0 Å². The van der Waals surface area contributed by atoms with E-state index < -0.39 is 0 Å². The highest BCUT2D eigenvalue weighted by atomic mass is 35.5. The molecular formula is C14H21ClN2OS. The third-order valence-corrected chi connectivity index (χ3v) is 4.86. The van der Waals surface area contributed by atoms with Gasteiger partial charge >= 0.3 is 0 Å². The molecule has 0 spiro atoms. The van der Waals surface area contributed by atoms with Gasteiger partial charge in [0.05, 0.1) is 4.34 Å². The Labute approximate surface area is 123 Å². The number of nitrogens with one attached hydrogen (secondary N) is 1. The highest BCUT2D eigenvalue weighted by Crippen LogP contribution is 2.34. The quantitative estimate of drug-likeness (QED) is 0.840. The van der Waals surface area contributed by atoms with Crippen molar-refractivity contribution in [1.82, 2.24) is 10.2 Å². The van der Waals surface area contributed by atoms with Crippen LogP contribution in [0.2, 0.25) is 4.34 Å². The second kappa shape index (κ2) is 6.73. The molecule has 19 heavy (non-hydrogen) atoms. The molecule has 0 aromatic carbocycles. The van der Waals surface area contributed by atoms with Gasteiger partial charge in [-0.2, -0.15) is 0 Å². The number of likely N-dealkylation sites (N-methyl/N-ethyl adjacent to an activating group) is 1. The van der Waals surface area contributed by atoms with E-state index in [0.29, 0.717) is 12.5 Å². The molecule has 1 aromatic heterocycles. The molecule has 0 saturated heterocycles. The number of carbonyl (C=O) groups is 1. The molecule has 0 radical (unpaired) electrons. The average molecular weight is 301 g/mol. The van der Waals surface area contributed by atoms with Crippen molar-refractivity contribution in [2.45, 2.75) is 31.7 Å². The van der Waals surface area contributed by atoms with Gasteiger partial charge in [-0.1, -0.05) is 11.6 Å². The van der Waals surface area contributed by atoms with Crippen LogP contribution in [0, 0.1) is 5.92 Å². The Morgan fingerprint density at radius 1 is 1.53 bits per heavy atom. The molecule has 2 rings (SSSR count). The Morgan fingerprint density at radius 2 is 2.26 bits per heavy atom. The molecule has 1 heterocycles. The second-order valence-electron chi connectivity index (χ2n) is 5.38. The van der Waals surface area contributed by atoms with Gasteiger partial charge in [-0.3, -0.25) is 4.79 Å². The molecule has 5 heteroatoms. The van der Waals surface area contributed by atoms with Crippen LogP contribution in [0.1, 0.15) is 24.1 Å².